The molecule has 0 amide bonds. The minimum atomic E-state index is -3.02. The summed E-state index contributed by atoms with van der Waals surface area (Å²) in [4.78, 5) is 0. The fourth-order valence-electron chi connectivity index (χ4n) is 3.51. The number of rotatable bonds is 5. The van der Waals surface area contributed by atoms with Crippen LogP contribution in [-0.2, 0) is 10.0 Å². The minimum absolute atomic E-state index is 0.100. The van der Waals surface area contributed by atoms with E-state index in [1.165, 1.54) is 0 Å². The van der Waals surface area contributed by atoms with E-state index in [2.05, 4.69) is 24.4 Å². The van der Waals surface area contributed by atoms with E-state index >= 15 is 0 Å². The highest BCUT2D eigenvalue weighted by Crippen LogP contribution is 2.32. The maximum atomic E-state index is 12.3. The summed E-state index contributed by atoms with van der Waals surface area (Å²) in [5, 5.41) is 4.61. The van der Waals surface area contributed by atoms with Gasteiger partial charge in [0.25, 0.3) is 0 Å². The van der Waals surface area contributed by atoms with Crippen LogP contribution >= 0.6 is 0 Å². The fourth-order valence-corrected chi connectivity index (χ4v) is 5.38. The fraction of sp³-hybridized carbons (Fsp3) is 0.556. The Labute approximate surface area is 143 Å². The molecule has 0 spiro atoms. The number of nitrogens with one attached hydrogen (secondary N) is 1. The molecule has 1 aromatic heterocycles. The van der Waals surface area contributed by atoms with Crippen molar-refractivity contribution in [2.75, 3.05) is 13.1 Å². The highest BCUT2D eigenvalue weighted by Gasteiger charge is 2.41. The van der Waals surface area contributed by atoms with E-state index in [9.17, 15) is 8.42 Å². The monoisotopic (exact) mass is 348 g/mol. The summed E-state index contributed by atoms with van der Waals surface area (Å²) in [5.74, 6) is 0.934. The van der Waals surface area contributed by atoms with Gasteiger partial charge in [-0.3, -0.25) is 0 Å². The number of hydrogen-bond acceptors (Lipinski definition) is 4. The molecule has 5 nitrogen and oxygen atoms in total. The zero-order chi connectivity index (χ0) is 16.7. The highest BCUT2D eigenvalue weighted by atomic mass is 32.2. The molecule has 1 aliphatic carbocycles. The summed E-state index contributed by atoms with van der Waals surface area (Å²) in [5.41, 5.74) is 0.909. The smallest absolute Gasteiger partial charge is 0.216 e. The van der Waals surface area contributed by atoms with Gasteiger partial charge in [-0.1, -0.05) is 18.2 Å². The first kappa shape index (κ1) is 16.1. The number of furan rings is 1. The number of sulfonamides is 1. The summed E-state index contributed by atoms with van der Waals surface area (Å²) >= 11 is 0. The summed E-state index contributed by atoms with van der Waals surface area (Å²) in [6.45, 7) is 3.36. The summed E-state index contributed by atoms with van der Waals surface area (Å²) in [6.07, 6.45) is 3.39. The molecule has 1 aliphatic heterocycles. The van der Waals surface area contributed by atoms with Gasteiger partial charge in [-0.15, -0.1) is 0 Å². The van der Waals surface area contributed by atoms with Gasteiger partial charge in [0.1, 0.15) is 11.3 Å². The van der Waals surface area contributed by atoms with Crippen LogP contribution < -0.4 is 5.32 Å². The average Bonchev–Trinajstić information content (AvgIpc) is 3.35. The summed E-state index contributed by atoms with van der Waals surface area (Å²) in [6, 6.07) is 10.6. The summed E-state index contributed by atoms with van der Waals surface area (Å²) in [7, 11) is -3.02. The van der Waals surface area contributed by atoms with Gasteiger partial charge in [0.2, 0.25) is 10.0 Å². The molecule has 1 aromatic carbocycles. The van der Waals surface area contributed by atoms with E-state index in [4.69, 9.17) is 4.42 Å². The lowest BCUT2D eigenvalue weighted by Crippen LogP contribution is -2.46. The number of piperidine rings is 1. The largest absolute Gasteiger partial charge is 0.459 e. The van der Waals surface area contributed by atoms with Crippen LogP contribution in [0.3, 0.4) is 0 Å². The maximum Gasteiger partial charge on any atom is 0.216 e. The van der Waals surface area contributed by atoms with Crippen molar-refractivity contribution in [1.29, 1.82) is 0 Å². The molecule has 2 fully saturated rings. The van der Waals surface area contributed by atoms with E-state index < -0.39 is 10.0 Å². The Morgan fingerprint density at radius 1 is 1.17 bits per heavy atom. The van der Waals surface area contributed by atoms with Gasteiger partial charge in [0.15, 0.2) is 0 Å². The number of para-hydroxylation sites is 1. The van der Waals surface area contributed by atoms with Gasteiger partial charge in [-0.05, 0) is 44.7 Å². The van der Waals surface area contributed by atoms with Crippen molar-refractivity contribution in [3.05, 3.63) is 36.1 Å². The normalized spacial score (nSPS) is 22.0. The second kappa shape index (κ2) is 6.17. The Morgan fingerprint density at radius 2 is 1.88 bits per heavy atom. The van der Waals surface area contributed by atoms with Crippen molar-refractivity contribution in [3.8, 4) is 0 Å². The van der Waals surface area contributed by atoms with Crippen LogP contribution in [0, 0.1) is 0 Å². The third kappa shape index (κ3) is 3.10. The zero-order valence-electron chi connectivity index (χ0n) is 13.9. The average molecular weight is 348 g/mol. The Balaban J connectivity index is 1.36. The van der Waals surface area contributed by atoms with Gasteiger partial charge < -0.3 is 9.73 Å². The molecule has 4 rings (SSSR count). The molecule has 1 saturated heterocycles. The predicted octanol–water partition coefficient (Wildman–Crippen LogP) is 3.04. The Bertz CT molecular complexity index is 785. The van der Waals surface area contributed by atoms with Crippen molar-refractivity contribution in [2.24, 2.45) is 0 Å². The van der Waals surface area contributed by atoms with E-state index in [1.54, 1.807) is 4.31 Å². The third-order valence-corrected chi connectivity index (χ3v) is 7.52. The lowest BCUT2D eigenvalue weighted by Gasteiger charge is -2.33. The van der Waals surface area contributed by atoms with E-state index in [1.807, 2.05) is 18.2 Å². The molecule has 1 N–H and O–H groups in total. The molecule has 6 heteroatoms. The second-order valence-corrected chi connectivity index (χ2v) is 9.21. The van der Waals surface area contributed by atoms with Gasteiger partial charge >= 0.3 is 0 Å². The summed E-state index contributed by atoms with van der Waals surface area (Å²) < 4.78 is 32.2. The molecular formula is C18H24N2O3S. The van der Waals surface area contributed by atoms with Crippen LogP contribution in [0.1, 0.15) is 44.4 Å². The van der Waals surface area contributed by atoms with Crippen LogP contribution in [0.15, 0.2) is 34.7 Å². The van der Waals surface area contributed by atoms with Gasteiger partial charge in [-0.2, -0.15) is 0 Å². The quantitative estimate of drug-likeness (QED) is 0.902. The molecule has 2 heterocycles. The predicted molar refractivity (Wildman–Crippen MR) is 94.3 cm³/mol. The lowest BCUT2D eigenvalue weighted by atomic mass is 10.1. The molecule has 0 unspecified atom stereocenters. The molecule has 0 radical (unpaired) electrons. The Hall–Kier alpha value is -1.37. The van der Waals surface area contributed by atoms with Crippen molar-refractivity contribution in [3.63, 3.8) is 0 Å². The molecule has 1 atom stereocenters. The molecule has 130 valence electrons. The van der Waals surface area contributed by atoms with E-state index in [-0.39, 0.29) is 11.3 Å². The van der Waals surface area contributed by atoms with Crippen LogP contribution in [0.2, 0.25) is 0 Å². The van der Waals surface area contributed by atoms with Gasteiger partial charge in [-0.25, -0.2) is 12.7 Å². The van der Waals surface area contributed by atoms with Crippen LogP contribution in [0.25, 0.3) is 11.0 Å². The Kier molecular flexibility index (Phi) is 4.14. The van der Waals surface area contributed by atoms with Gasteiger partial charge in [0, 0.05) is 24.5 Å². The second-order valence-electron chi connectivity index (χ2n) is 6.99. The standard InChI is InChI=1S/C18H24N2O3S/c1-13(18-12-14-4-2-3-5-17(14)23-18)19-15-8-10-20(11-9-15)24(21,22)16-6-7-16/h2-5,12-13,15-16,19H,6-11H2,1H3/t13-/m1/s1. The zero-order valence-corrected chi connectivity index (χ0v) is 14.8. The molecular weight excluding hydrogens is 324 g/mol. The van der Waals surface area contributed by atoms with Crippen molar-refractivity contribution in [2.45, 2.75) is 49.9 Å². The van der Waals surface area contributed by atoms with E-state index in [0.29, 0.717) is 19.1 Å². The van der Waals surface area contributed by atoms with Crippen molar-refractivity contribution < 1.29 is 12.8 Å². The first-order valence-electron chi connectivity index (χ1n) is 8.77. The van der Waals surface area contributed by atoms with Gasteiger partial charge in [0.05, 0.1) is 11.3 Å². The maximum absolute atomic E-state index is 12.3. The molecule has 2 aromatic rings. The first-order chi connectivity index (χ1) is 11.5. The number of fused-ring (bicyclic) bond motifs is 1. The van der Waals surface area contributed by atoms with Crippen molar-refractivity contribution in [1.82, 2.24) is 9.62 Å². The highest BCUT2D eigenvalue weighted by molar-refractivity contribution is 7.90. The number of benzene rings is 1. The number of nitrogens with zero attached hydrogens (tertiary/aromatic N) is 1. The molecule has 1 saturated carbocycles. The molecule has 0 bridgehead atoms. The van der Waals surface area contributed by atoms with E-state index in [0.717, 1.165) is 42.4 Å². The van der Waals surface area contributed by atoms with Crippen molar-refractivity contribution >= 4 is 21.0 Å². The topological polar surface area (TPSA) is 62.6 Å². The SMILES string of the molecule is C[C@@H](NC1CCN(S(=O)(=O)C2CC2)CC1)c1cc2ccccc2o1. The van der Waals surface area contributed by atoms with Crippen LogP contribution in [0.4, 0.5) is 0 Å². The Morgan fingerprint density at radius 3 is 2.54 bits per heavy atom. The lowest BCUT2D eigenvalue weighted by molar-refractivity contribution is 0.269. The number of hydrogen-bond donors (Lipinski definition) is 1. The minimum Gasteiger partial charge on any atom is -0.459 e. The van der Waals surface area contributed by atoms with Crippen LogP contribution in [0.5, 0.6) is 0 Å². The third-order valence-electron chi connectivity index (χ3n) is 5.12. The molecule has 2 aliphatic rings. The first-order valence-corrected chi connectivity index (χ1v) is 10.3. The van der Waals surface area contributed by atoms with Crippen LogP contribution in [-0.4, -0.2) is 37.1 Å². The molecule has 24 heavy (non-hydrogen) atoms.